The van der Waals surface area contributed by atoms with Gasteiger partial charge in [0, 0.05) is 13.2 Å². The number of methoxy groups -OCH3 is 2. The fraction of sp³-hybridized carbons (Fsp3) is 0.316. The number of esters is 2. The molecular weight excluding hydrogens is 366 g/mol. The van der Waals surface area contributed by atoms with E-state index < -0.39 is 11.9 Å². The molecule has 0 saturated heterocycles. The number of ether oxygens (including phenoxy) is 4. The van der Waals surface area contributed by atoms with Crippen molar-refractivity contribution in [1.82, 2.24) is 9.78 Å². The van der Waals surface area contributed by atoms with Crippen LogP contribution in [0.2, 0.25) is 0 Å². The van der Waals surface area contributed by atoms with Gasteiger partial charge in [-0.05, 0) is 18.2 Å². The molecule has 9 heteroatoms. The van der Waals surface area contributed by atoms with Crippen LogP contribution in [-0.2, 0) is 37.5 Å². The van der Waals surface area contributed by atoms with E-state index in [0.717, 1.165) is 5.69 Å². The molecule has 2 heterocycles. The van der Waals surface area contributed by atoms with Crippen molar-refractivity contribution in [2.75, 3.05) is 32.5 Å². The number of nitrogens with zero attached hydrogens (tertiary/aromatic N) is 3. The van der Waals surface area contributed by atoms with Gasteiger partial charge in [0.25, 0.3) is 0 Å². The lowest BCUT2D eigenvalue weighted by Gasteiger charge is -2.32. The molecule has 0 saturated carbocycles. The summed E-state index contributed by atoms with van der Waals surface area (Å²) in [6.07, 6.45) is 1.68. The van der Waals surface area contributed by atoms with Crippen LogP contribution in [0.25, 0.3) is 0 Å². The summed E-state index contributed by atoms with van der Waals surface area (Å²) in [6, 6.07) is 9.00. The zero-order valence-corrected chi connectivity index (χ0v) is 15.9. The molecule has 148 valence electrons. The average Bonchev–Trinajstić information content (AvgIpc) is 3.15. The number of para-hydroxylation sites is 2. The van der Waals surface area contributed by atoms with E-state index in [9.17, 15) is 9.59 Å². The first-order chi connectivity index (χ1) is 13.6. The number of hydrogen-bond donors (Lipinski definition) is 0. The highest BCUT2D eigenvalue weighted by Gasteiger charge is 2.33. The van der Waals surface area contributed by atoms with Crippen molar-refractivity contribution >= 4 is 17.6 Å². The van der Waals surface area contributed by atoms with Crippen molar-refractivity contribution in [3.05, 3.63) is 53.5 Å². The van der Waals surface area contributed by atoms with E-state index in [1.54, 1.807) is 34.0 Å². The second kappa shape index (κ2) is 8.57. The van der Waals surface area contributed by atoms with Crippen LogP contribution in [0.3, 0.4) is 0 Å². The SMILES string of the molecule is COC(=O)C1=C(C(=O)OC)N(c2ccccc2OCc2ccnn2C)COC1. The predicted molar refractivity (Wildman–Crippen MR) is 98.3 cm³/mol. The number of hydrogen-bond acceptors (Lipinski definition) is 8. The third-order valence-electron chi connectivity index (χ3n) is 4.29. The Labute approximate surface area is 162 Å². The Morgan fingerprint density at radius 1 is 1.14 bits per heavy atom. The van der Waals surface area contributed by atoms with Gasteiger partial charge in [-0.1, -0.05) is 12.1 Å². The van der Waals surface area contributed by atoms with E-state index in [2.05, 4.69) is 5.10 Å². The highest BCUT2D eigenvalue weighted by Crippen LogP contribution is 2.34. The van der Waals surface area contributed by atoms with E-state index >= 15 is 0 Å². The highest BCUT2D eigenvalue weighted by molar-refractivity contribution is 6.03. The molecule has 0 spiro atoms. The number of aryl methyl sites for hydroxylation is 1. The Morgan fingerprint density at radius 3 is 2.57 bits per heavy atom. The summed E-state index contributed by atoms with van der Waals surface area (Å²) in [7, 11) is 4.32. The fourth-order valence-corrected chi connectivity index (χ4v) is 2.83. The molecule has 2 aromatic rings. The predicted octanol–water partition coefficient (Wildman–Crippen LogP) is 1.39. The Hall–Kier alpha value is -3.33. The third kappa shape index (κ3) is 3.84. The van der Waals surface area contributed by atoms with E-state index in [4.69, 9.17) is 18.9 Å². The van der Waals surface area contributed by atoms with Gasteiger partial charge in [-0.2, -0.15) is 5.10 Å². The smallest absolute Gasteiger partial charge is 0.355 e. The fourth-order valence-electron chi connectivity index (χ4n) is 2.83. The zero-order chi connectivity index (χ0) is 20.1. The summed E-state index contributed by atoms with van der Waals surface area (Å²) in [4.78, 5) is 26.1. The molecule has 3 rings (SSSR count). The van der Waals surface area contributed by atoms with Gasteiger partial charge in [0.1, 0.15) is 24.8 Å². The van der Waals surface area contributed by atoms with E-state index in [0.29, 0.717) is 11.4 Å². The van der Waals surface area contributed by atoms with Crippen LogP contribution in [0.5, 0.6) is 5.75 Å². The van der Waals surface area contributed by atoms with Crippen molar-refractivity contribution in [2.24, 2.45) is 7.05 Å². The summed E-state index contributed by atoms with van der Waals surface area (Å²) in [6.45, 7) is 0.284. The van der Waals surface area contributed by atoms with Gasteiger partial charge in [0.05, 0.1) is 37.8 Å². The molecule has 28 heavy (non-hydrogen) atoms. The monoisotopic (exact) mass is 387 g/mol. The number of rotatable bonds is 6. The lowest BCUT2D eigenvalue weighted by Crippen LogP contribution is -2.39. The van der Waals surface area contributed by atoms with Crippen molar-refractivity contribution in [1.29, 1.82) is 0 Å². The highest BCUT2D eigenvalue weighted by atomic mass is 16.5. The van der Waals surface area contributed by atoms with Crippen molar-refractivity contribution in [3.8, 4) is 5.75 Å². The number of aromatic nitrogens is 2. The van der Waals surface area contributed by atoms with E-state index in [1.807, 2.05) is 19.2 Å². The number of carbonyl (C=O) groups is 2. The summed E-state index contributed by atoms with van der Waals surface area (Å²) >= 11 is 0. The van der Waals surface area contributed by atoms with Crippen molar-refractivity contribution in [3.63, 3.8) is 0 Å². The van der Waals surface area contributed by atoms with Crippen LogP contribution in [0, 0.1) is 0 Å². The maximum absolute atomic E-state index is 12.4. The van der Waals surface area contributed by atoms with Crippen LogP contribution in [0.15, 0.2) is 47.8 Å². The molecule has 0 unspecified atom stereocenters. The molecule has 1 aliphatic rings. The molecule has 0 atom stereocenters. The second-order valence-electron chi connectivity index (χ2n) is 5.92. The average molecular weight is 387 g/mol. The van der Waals surface area contributed by atoms with E-state index in [-0.39, 0.29) is 31.2 Å². The minimum atomic E-state index is -0.662. The van der Waals surface area contributed by atoms with Gasteiger partial charge in [0.15, 0.2) is 0 Å². The normalized spacial score (nSPS) is 14.0. The molecule has 0 amide bonds. The maximum atomic E-state index is 12.4. The number of carbonyl (C=O) groups excluding carboxylic acids is 2. The first kappa shape index (κ1) is 19.4. The largest absolute Gasteiger partial charge is 0.485 e. The van der Waals surface area contributed by atoms with Crippen LogP contribution in [0.1, 0.15) is 5.69 Å². The third-order valence-corrected chi connectivity index (χ3v) is 4.29. The van der Waals surface area contributed by atoms with Crippen LogP contribution >= 0.6 is 0 Å². The van der Waals surface area contributed by atoms with E-state index in [1.165, 1.54) is 14.2 Å². The lowest BCUT2D eigenvalue weighted by atomic mass is 10.1. The molecule has 0 aliphatic carbocycles. The standard InChI is InChI=1S/C19H21N3O6/c1-21-13(8-9-20-21)10-28-16-7-5-4-6-15(16)22-12-27-11-14(18(23)25-2)17(22)19(24)26-3/h4-9H,10-12H2,1-3H3. The summed E-state index contributed by atoms with van der Waals surface area (Å²) in [5.41, 5.74) is 1.59. The quantitative estimate of drug-likeness (QED) is 0.687. The van der Waals surface area contributed by atoms with Gasteiger partial charge in [-0.15, -0.1) is 0 Å². The molecule has 0 fully saturated rings. The van der Waals surface area contributed by atoms with Crippen LogP contribution in [0.4, 0.5) is 5.69 Å². The summed E-state index contributed by atoms with van der Waals surface area (Å²) < 4.78 is 22.8. The van der Waals surface area contributed by atoms with Gasteiger partial charge < -0.3 is 23.8 Å². The summed E-state index contributed by atoms with van der Waals surface area (Å²) in [5.74, 6) is -0.802. The minimum absolute atomic E-state index is 0.0500. The molecule has 0 bridgehead atoms. The minimum Gasteiger partial charge on any atom is -0.485 e. The number of anilines is 1. The Balaban J connectivity index is 1.98. The molecule has 9 nitrogen and oxygen atoms in total. The molecular formula is C19H21N3O6. The lowest BCUT2D eigenvalue weighted by molar-refractivity contribution is -0.140. The van der Waals surface area contributed by atoms with Gasteiger partial charge in [0.2, 0.25) is 0 Å². The Bertz CT molecular complexity index is 905. The van der Waals surface area contributed by atoms with Gasteiger partial charge >= 0.3 is 11.9 Å². The number of benzene rings is 1. The first-order valence-electron chi connectivity index (χ1n) is 8.50. The Morgan fingerprint density at radius 2 is 1.89 bits per heavy atom. The first-order valence-corrected chi connectivity index (χ1v) is 8.50. The molecule has 0 N–H and O–H groups in total. The Kier molecular flexibility index (Phi) is 5.95. The molecule has 1 aliphatic heterocycles. The van der Waals surface area contributed by atoms with Crippen molar-refractivity contribution < 1.29 is 28.5 Å². The van der Waals surface area contributed by atoms with Crippen LogP contribution < -0.4 is 9.64 Å². The molecule has 1 aromatic heterocycles. The van der Waals surface area contributed by atoms with Gasteiger partial charge in [-0.25, -0.2) is 9.59 Å². The van der Waals surface area contributed by atoms with Gasteiger partial charge in [-0.3, -0.25) is 4.68 Å². The van der Waals surface area contributed by atoms with Crippen LogP contribution in [-0.4, -0.2) is 49.3 Å². The second-order valence-corrected chi connectivity index (χ2v) is 5.92. The summed E-state index contributed by atoms with van der Waals surface area (Å²) in [5, 5.41) is 4.11. The molecule has 1 aromatic carbocycles. The topological polar surface area (TPSA) is 92.1 Å². The zero-order valence-electron chi connectivity index (χ0n) is 15.9. The molecule has 0 radical (unpaired) electrons. The van der Waals surface area contributed by atoms with Crippen molar-refractivity contribution in [2.45, 2.75) is 6.61 Å². The maximum Gasteiger partial charge on any atom is 0.355 e.